The number of aromatic nitrogens is 4. The Kier molecular flexibility index (Phi) is 5.45. The Hall–Kier alpha value is -2.97. The lowest BCUT2D eigenvalue weighted by molar-refractivity contribution is -0.134. The maximum absolute atomic E-state index is 13.7. The highest BCUT2D eigenvalue weighted by molar-refractivity contribution is 6.07. The molecule has 4 heterocycles. The molecule has 0 N–H and O–H groups in total. The molecule has 1 spiro atoms. The predicted molar refractivity (Wildman–Crippen MR) is 116 cm³/mol. The van der Waals surface area contributed by atoms with Crippen LogP contribution in [0.3, 0.4) is 0 Å². The summed E-state index contributed by atoms with van der Waals surface area (Å²) >= 11 is 0. The highest BCUT2D eigenvalue weighted by Gasteiger charge is 2.58. The quantitative estimate of drug-likeness (QED) is 0.683. The maximum Gasteiger partial charge on any atom is 0.328 e. The topological polar surface area (TPSA) is 87.5 Å². The van der Waals surface area contributed by atoms with Gasteiger partial charge in [0, 0.05) is 32.9 Å². The molecule has 0 unspecified atom stereocenters. The number of piperidine rings is 1. The third-order valence-corrected chi connectivity index (χ3v) is 6.31. The third-order valence-electron chi connectivity index (χ3n) is 6.31. The summed E-state index contributed by atoms with van der Waals surface area (Å²) in [6.07, 6.45) is 2.86. The zero-order chi connectivity index (χ0) is 22.3. The van der Waals surface area contributed by atoms with Crippen molar-refractivity contribution in [1.29, 1.82) is 0 Å². The van der Waals surface area contributed by atoms with Crippen LogP contribution in [0.5, 0.6) is 0 Å². The number of carbonyl (C=O) groups excluding carboxylic acids is 2. The molecule has 4 rings (SSSR count). The lowest BCUT2D eigenvalue weighted by Crippen LogP contribution is -2.57. The van der Waals surface area contributed by atoms with Gasteiger partial charge in [0.05, 0.1) is 12.2 Å². The third kappa shape index (κ3) is 3.66. The van der Waals surface area contributed by atoms with Crippen LogP contribution < -0.4 is 4.90 Å². The molecule has 0 radical (unpaired) electrons. The van der Waals surface area contributed by atoms with Crippen LogP contribution in [0.2, 0.25) is 0 Å². The fourth-order valence-electron chi connectivity index (χ4n) is 4.71. The van der Waals surface area contributed by atoms with Crippen molar-refractivity contribution in [3.05, 3.63) is 35.4 Å². The summed E-state index contributed by atoms with van der Waals surface area (Å²) in [4.78, 5) is 41.4. The number of rotatable bonds is 5. The number of anilines is 1. The minimum atomic E-state index is -0.797. The first-order valence-corrected chi connectivity index (χ1v) is 10.9. The molecule has 0 aromatic carbocycles. The van der Waals surface area contributed by atoms with Crippen molar-refractivity contribution in [2.24, 2.45) is 13.0 Å². The Balaban J connectivity index is 1.60. The Morgan fingerprint density at radius 1 is 1.16 bits per heavy atom. The predicted octanol–water partition coefficient (Wildman–Crippen LogP) is 2.29. The lowest BCUT2D eigenvalue weighted by atomic mass is 9.85. The number of pyridine rings is 1. The van der Waals surface area contributed by atoms with Gasteiger partial charge in [-0.1, -0.05) is 19.9 Å². The molecule has 166 valence electrons. The minimum absolute atomic E-state index is 0.100. The van der Waals surface area contributed by atoms with Crippen LogP contribution in [0.1, 0.15) is 43.8 Å². The second kappa shape index (κ2) is 7.94. The molecule has 2 fully saturated rings. The smallest absolute Gasteiger partial charge is 0.328 e. The van der Waals surface area contributed by atoms with E-state index >= 15 is 0 Å². The molecule has 2 aliphatic heterocycles. The van der Waals surface area contributed by atoms with Crippen LogP contribution in [0.25, 0.3) is 0 Å². The van der Waals surface area contributed by atoms with Crippen LogP contribution >= 0.6 is 0 Å². The number of amides is 3. The number of aryl methyl sites for hydroxylation is 3. The molecule has 0 aliphatic carbocycles. The van der Waals surface area contributed by atoms with Gasteiger partial charge in [-0.2, -0.15) is 10.1 Å². The van der Waals surface area contributed by atoms with Crippen molar-refractivity contribution in [1.82, 2.24) is 29.5 Å². The van der Waals surface area contributed by atoms with Crippen molar-refractivity contribution in [3.63, 3.8) is 0 Å². The van der Waals surface area contributed by atoms with E-state index in [0.717, 1.165) is 23.0 Å². The summed E-state index contributed by atoms with van der Waals surface area (Å²) in [6, 6.07) is 3.62. The lowest BCUT2D eigenvalue weighted by Gasteiger charge is -2.42. The van der Waals surface area contributed by atoms with Gasteiger partial charge in [-0.05, 0) is 44.2 Å². The Bertz CT molecular complexity index is 991. The molecule has 2 aromatic heterocycles. The number of hydrogen-bond acceptors (Lipinski definition) is 6. The van der Waals surface area contributed by atoms with Gasteiger partial charge >= 0.3 is 6.03 Å². The van der Waals surface area contributed by atoms with Crippen molar-refractivity contribution in [2.75, 3.05) is 24.5 Å². The largest absolute Gasteiger partial charge is 0.341 e. The molecule has 2 saturated heterocycles. The Morgan fingerprint density at radius 3 is 2.45 bits per heavy atom. The average molecular weight is 426 g/mol. The summed E-state index contributed by atoms with van der Waals surface area (Å²) in [5.41, 5.74) is 0.943. The van der Waals surface area contributed by atoms with Crippen molar-refractivity contribution in [3.8, 4) is 0 Å². The average Bonchev–Trinajstić information content (AvgIpc) is 3.15. The standard InChI is InChI=1S/C22H31N7O2/c1-15(2)13-29-21(31)28(14-18-16(3)7-6-10-23-18)19(30)22(29)8-11-27(12-9-22)20-24-17(4)25-26(20)5/h6-7,10,15H,8-9,11-14H2,1-5H3. The SMILES string of the molecule is Cc1nc(N2CCC3(CC2)C(=O)N(Cc2ncccc2C)C(=O)N3CC(C)C)n(C)n1. The van der Waals surface area contributed by atoms with Crippen molar-refractivity contribution >= 4 is 17.9 Å². The van der Waals surface area contributed by atoms with E-state index in [-0.39, 0.29) is 24.4 Å². The molecule has 0 bridgehead atoms. The molecule has 3 amide bonds. The summed E-state index contributed by atoms with van der Waals surface area (Å²) in [5.74, 6) is 1.70. The van der Waals surface area contributed by atoms with Gasteiger partial charge in [0.15, 0.2) is 0 Å². The van der Waals surface area contributed by atoms with Crippen LogP contribution in [0.4, 0.5) is 10.7 Å². The molecule has 9 heteroatoms. The molecule has 0 saturated carbocycles. The maximum atomic E-state index is 13.7. The van der Waals surface area contributed by atoms with E-state index in [2.05, 4.69) is 33.8 Å². The molecule has 0 atom stereocenters. The van der Waals surface area contributed by atoms with Gasteiger partial charge in [0.25, 0.3) is 5.91 Å². The van der Waals surface area contributed by atoms with Gasteiger partial charge in [-0.3, -0.25) is 14.7 Å². The molecule has 2 aromatic rings. The number of hydrogen-bond donors (Lipinski definition) is 0. The summed E-state index contributed by atoms with van der Waals surface area (Å²) in [7, 11) is 1.88. The highest BCUT2D eigenvalue weighted by Crippen LogP contribution is 2.39. The van der Waals surface area contributed by atoms with Crippen LogP contribution in [-0.4, -0.2) is 66.7 Å². The number of imide groups is 1. The number of urea groups is 1. The first kappa shape index (κ1) is 21.3. The number of nitrogens with zero attached hydrogens (tertiary/aromatic N) is 7. The van der Waals surface area contributed by atoms with Gasteiger partial charge in [0.1, 0.15) is 11.4 Å². The van der Waals surface area contributed by atoms with Crippen LogP contribution in [0, 0.1) is 19.8 Å². The highest BCUT2D eigenvalue weighted by atomic mass is 16.2. The van der Waals surface area contributed by atoms with Crippen molar-refractivity contribution in [2.45, 2.75) is 52.6 Å². The van der Waals surface area contributed by atoms with E-state index in [1.54, 1.807) is 10.9 Å². The van der Waals surface area contributed by atoms with E-state index in [4.69, 9.17) is 0 Å². The van der Waals surface area contributed by atoms with E-state index < -0.39 is 5.54 Å². The van der Waals surface area contributed by atoms with E-state index in [1.807, 2.05) is 37.9 Å². The zero-order valence-corrected chi connectivity index (χ0v) is 19.0. The second-order valence-corrected chi connectivity index (χ2v) is 9.05. The van der Waals surface area contributed by atoms with E-state index in [1.165, 1.54) is 4.90 Å². The summed E-state index contributed by atoms with van der Waals surface area (Å²) in [6.45, 7) is 10.1. The molecule has 31 heavy (non-hydrogen) atoms. The molecule has 9 nitrogen and oxygen atoms in total. The van der Waals surface area contributed by atoms with Crippen LogP contribution in [-0.2, 0) is 18.4 Å². The van der Waals surface area contributed by atoms with Crippen molar-refractivity contribution < 1.29 is 9.59 Å². The minimum Gasteiger partial charge on any atom is -0.341 e. The first-order valence-electron chi connectivity index (χ1n) is 10.9. The fourth-order valence-corrected chi connectivity index (χ4v) is 4.71. The van der Waals surface area contributed by atoms with Gasteiger partial charge in [-0.25, -0.2) is 9.48 Å². The monoisotopic (exact) mass is 425 g/mol. The number of carbonyl (C=O) groups is 2. The molecular formula is C22H31N7O2. The van der Waals surface area contributed by atoms with Crippen LogP contribution in [0.15, 0.2) is 18.3 Å². The second-order valence-electron chi connectivity index (χ2n) is 9.05. The fraction of sp³-hybridized carbons (Fsp3) is 0.591. The summed E-state index contributed by atoms with van der Waals surface area (Å²) < 4.78 is 1.77. The molecule has 2 aliphatic rings. The zero-order valence-electron chi connectivity index (χ0n) is 19.0. The normalized spacial score (nSPS) is 18.7. The summed E-state index contributed by atoms with van der Waals surface area (Å²) in [5, 5.41) is 4.34. The van der Waals surface area contributed by atoms with E-state index in [0.29, 0.717) is 32.5 Å². The van der Waals surface area contributed by atoms with E-state index in [9.17, 15) is 9.59 Å². The van der Waals surface area contributed by atoms with Gasteiger partial charge in [0.2, 0.25) is 5.95 Å². The Labute approximate surface area is 183 Å². The van der Waals surface area contributed by atoms with Gasteiger partial charge < -0.3 is 9.80 Å². The van der Waals surface area contributed by atoms with Gasteiger partial charge in [-0.15, -0.1) is 0 Å². The Morgan fingerprint density at radius 2 is 1.87 bits per heavy atom. The molecular weight excluding hydrogens is 394 g/mol. The first-order chi connectivity index (χ1) is 14.7.